The number of aromatic nitrogens is 2. The van der Waals surface area contributed by atoms with Crippen molar-refractivity contribution in [3.05, 3.63) is 44.5 Å². The van der Waals surface area contributed by atoms with E-state index in [9.17, 15) is 4.79 Å². The number of anilines is 2. The fourth-order valence-corrected chi connectivity index (χ4v) is 1.85. The number of nitrogens with two attached hydrogens (primary N) is 1. The van der Waals surface area contributed by atoms with Crippen molar-refractivity contribution in [1.82, 2.24) is 9.97 Å². The molecule has 0 aliphatic heterocycles. The lowest BCUT2D eigenvalue weighted by Gasteiger charge is -2.08. The van der Waals surface area contributed by atoms with Crippen LogP contribution in [0.4, 0.5) is 11.5 Å². The fourth-order valence-electron chi connectivity index (χ4n) is 1.42. The van der Waals surface area contributed by atoms with Crippen molar-refractivity contribution in [2.24, 2.45) is 5.73 Å². The summed E-state index contributed by atoms with van der Waals surface area (Å²) in [6, 6.07) is 7.37. The van der Waals surface area contributed by atoms with Crippen LogP contribution in [-0.4, -0.2) is 23.1 Å². The van der Waals surface area contributed by atoms with E-state index in [1.54, 1.807) is 0 Å². The molecule has 0 aliphatic rings. The molecule has 0 aliphatic carbocycles. The van der Waals surface area contributed by atoms with Crippen molar-refractivity contribution in [3.63, 3.8) is 0 Å². The highest BCUT2D eigenvalue weighted by Crippen LogP contribution is 2.20. The molecule has 1 aromatic carbocycles. The van der Waals surface area contributed by atoms with Crippen molar-refractivity contribution in [2.45, 2.75) is 0 Å². The topological polar surface area (TPSA) is 93.0 Å². The van der Waals surface area contributed by atoms with Gasteiger partial charge in [-0.25, -0.2) is 4.98 Å². The Morgan fingerprint density at radius 2 is 2.11 bits per heavy atom. The SMILES string of the molecule is NCCOc1ccc(Nc2nc[nH]c(=O)c2I)cc1. The first-order valence-electron chi connectivity index (χ1n) is 5.64. The summed E-state index contributed by atoms with van der Waals surface area (Å²) in [5, 5.41) is 3.08. The van der Waals surface area contributed by atoms with E-state index in [2.05, 4.69) is 15.3 Å². The Morgan fingerprint density at radius 1 is 1.37 bits per heavy atom. The van der Waals surface area contributed by atoms with E-state index >= 15 is 0 Å². The summed E-state index contributed by atoms with van der Waals surface area (Å²) in [6.07, 6.45) is 1.37. The summed E-state index contributed by atoms with van der Waals surface area (Å²) in [6.45, 7) is 0.967. The molecule has 1 heterocycles. The molecular weight excluding hydrogens is 359 g/mol. The summed E-state index contributed by atoms with van der Waals surface area (Å²) in [5.41, 5.74) is 6.02. The van der Waals surface area contributed by atoms with E-state index in [0.717, 1.165) is 11.4 Å². The van der Waals surface area contributed by atoms with Crippen molar-refractivity contribution < 1.29 is 4.74 Å². The fraction of sp³-hybridized carbons (Fsp3) is 0.167. The van der Waals surface area contributed by atoms with E-state index in [-0.39, 0.29) is 5.56 Å². The van der Waals surface area contributed by atoms with Crippen LogP contribution < -0.4 is 21.3 Å². The zero-order valence-corrected chi connectivity index (χ0v) is 12.2. The standard InChI is InChI=1S/C12H13IN4O2/c13-10-11(15-7-16-12(10)18)17-8-1-3-9(4-2-8)19-6-5-14/h1-4,7H,5-6,14H2,(H2,15,16,17,18). The van der Waals surface area contributed by atoms with Crippen LogP contribution >= 0.6 is 22.6 Å². The van der Waals surface area contributed by atoms with Crippen LogP contribution in [0.15, 0.2) is 35.4 Å². The molecule has 19 heavy (non-hydrogen) atoms. The minimum absolute atomic E-state index is 0.166. The Kier molecular flexibility index (Phi) is 4.74. The second-order valence-corrected chi connectivity index (χ2v) is 4.76. The number of hydrogen-bond donors (Lipinski definition) is 3. The minimum atomic E-state index is -0.166. The van der Waals surface area contributed by atoms with Crippen LogP contribution in [0.2, 0.25) is 0 Å². The first-order valence-corrected chi connectivity index (χ1v) is 6.71. The highest BCUT2D eigenvalue weighted by molar-refractivity contribution is 14.1. The van der Waals surface area contributed by atoms with E-state index in [1.807, 2.05) is 46.9 Å². The van der Waals surface area contributed by atoms with E-state index < -0.39 is 0 Å². The normalized spacial score (nSPS) is 10.2. The molecule has 7 heteroatoms. The molecule has 1 aromatic heterocycles. The first-order chi connectivity index (χ1) is 9.20. The lowest BCUT2D eigenvalue weighted by atomic mass is 10.3. The number of ether oxygens (including phenoxy) is 1. The molecule has 100 valence electrons. The van der Waals surface area contributed by atoms with Gasteiger partial charge >= 0.3 is 0 Å². The molecule has 0 radical (unpaired) electrons. The molecule has 0 amide bonds. The van der Waals surface area contributed by atoms with Gasteiger partial charge in [-0.1, -0.05) is 0 Å². The molecule has 0 spiro atoms. The van der Waals surface area contributed by atoms with Gasteiger partial charge in [0.25, 0.3) is 5.56 Å². The van der Waals surface area contributed by atoms with Crippen molar-refractivity contribution in [1.29, 1.82) is 0 Å². The van der Waals surface area contributed by atoms with Gasteiger partial charge in [0.05, 0.1) is 6.33 Å². The molecule has 0 fully saturated rings. The van der Waals surface area contributed by atoms with Gasteiger partial charge in [0, 0.05) is 12.2 Å². The minimum Gasteiger partial charge on any atom is -0.492 e. The molecule has 2 aromatic rings. The Labute approximate surface area is 123 Å². The number of rotatable bonds is 5. The largest absolute Gasteiger partial charge is 0.492 e. The average Bonchev–Trinajstić information content (AvgIpc) is 2.43. The second-order valence-electron chi connectivity index (χ2n) is 3.68. The number of halogens is 1. The summed E-state index contributed by atoms with van der Waals surface area (Å²) in [7, 11) is 0. The van der Waals surface area contributed by atoms with E-state index in [1.165, 1.54) is 6.33 Å². The van der Waals surface area contributed by atoms with Crippen LogP contribution in [-0.2, 0) is 0 Å². The van der Waals surface area contributed by atoms with Gasteiger partial charge in [0.2, 0.25) is 0 Å². The number of nitrogens with zero attached hydrogens (tertiary/aromatic N) is 1. The molecule has 0 saturated heterocycles. The third-order valence-corrected chi connectivity index (χ3v) is 3.30. The maximum Gasteiger partial charge on any atom is 0.266 e. The molecule has 0 atom stereocenters. The van der Waals surface area contributed by atoms with Gasteiger partial charge in [-0.2, -0.15) is 0 Å². The average molecular weight is 372 g/mol. The van der Waals surface area contributed by atoms with Gasteiger partial charge in [0.1, 0.15) is 15.9 Å². The van der Waals surface area contributed by atoms with Crippen molar-refractivity contribution >= 4 is 34.1 Å². The molecule has 4 N–H and O–H groups in total. The van der Waals surface area contributed by atoms with E-state index in [4.69, 9.17) is 10.5 Å². The highest BCUT2D eigenvalue weighted by Gasteiger charge is 2.05. The van der Waals surface area contributed by atoms with Crippen molar-refractivity contribution in [3.8, 4) is 5.75 Å². The summed E-state index contributed by atoms with van der Waals surface area (Å²) < 4.78 is 5.90. The maximum atomic E-state index is 11.4. The van der Waals surface area contributed by atoms with Crippen LogP contribution in [0.3, 0.4) is 0 Å². The van der Waals surface area contributed by atoms with Gasteiger partial charge in [-0.05, 0) is 46.9 Å². The highest BCUT2D eigenvalue weighted by atomic mass is 127. The molecule has 0 unspecified atom stereocenters. The lowest BCUT2D eigenvalue weighted by Crippen LogP contribution is -2.13. The Bertz CT molecular complexity index is 597. The monoisotopic (exact) mass is 372 g/mol. The third-order valence-electron chi connectivity index (χ3n) is 2.30. The van der Waals surface area contributed by atoms with Crippen LogP contribution in [0.5, 0.6) is 5.75 Å². The summed E-state index contributed by atoms with van der Waals surface area (Å²) in [5.74, 6) is 1.28. The predicted molar refractivity (Wildman–Crippen MR) is 81.8 cm³/mol. The summed E-state index contributed by atoms with van der Waals surface area (Å²) in [4.78, 5) is 18.0. The number of hydrogen-bond acceptors (Lipinski definition) is 5. The molecule has 6 nitrogen and oxygen atoms in total. The number of H-pyrrole nitrogens is 1. The molecular formula is C12H13IN4O2. The third kappa shape index (κ3) is 3.67. The maximum absolute atomic E-state index is 11.4. The Balaban J connectivity index is 2.11. The zero-order chi connectivity index (χ0) is 13.7. The van der Waals surface area contributed by atoms with E-state index in [0.29, 0.717) is 22.5 Å². The molecule has 2 rings (SSSR count). The summed E-state index contributed by atoms with van der Waals surface area (Å²) >= 11 is 1.95. The van der Waals surface area contributed by atoms with Gasteiger partial charge in [-0.3, -0.25) is 4.79 Å². The molecule has 0 bridgehead atoms. The lowest BCUT2D eigenvalue weighted by molar-refractivity contribution is 0.328. The van der Waals surface area contributed by atoms with Gasteiger partial charge < -0.3 is 20.8 Å². The quantitative estimate of drug-likeness (QED) is 0.691. The van der Waals surface area contributed by atoms with Gasteiger partial charge in [-0.15, -0.1) is 0 Å². The second kappa shape index (κ2) is 6.53. The Morgan fingerprint density at radius 3 is 2.79 bits per heavy atom. The number of nitrogens with one attached hydrogen (secondary N) is 2. The zero-order valence-electron chi connectivity index (χ0n) is 10.0. The van der Waals surface area contributed by atoms with Crippen LogP contribution in [0.1, 0.15) is 0 Å². The van der Waals surface area contributed by atoms with Crippen molar-refractivity contribution in [2.75, 3.05) is 18.5 Å². The van der Waals surface area contributed by atoms with Gasteiger partial charge in [0.15, 0.2) is 5.82 Å². The number of aromatic amines is 1. The van der Waals surface area contributed by atoms with Crippen LogP contribution in [0.25, 0.3) is 0 Å². The smallest absolute Gasteiger partial charge is 0.266 e. The predicted octanol–water partition coefficient (Wildman–Crippen LogP) is 1.46. The first kappa shape index (κ1) is 13.8. The number of benzene rings is 1. The Hall–Kier alpha value is -1.61. The molecule has 0 saturated carbocycles. The van der Waals surface area contributed by atoms with Crippen LogP contribution in [0, 0.1) is 3.57 Å².